The fourth-order valence-electron chi connectivity index (χ4n) is 2.55. The van der Waals surface area contributed by atoms with Crippen molar-refractivity contribution in [2.75, 3.05) is 26.7 Å². The zero-order chi connectivity index (χ0) is 15.7. The number of esters is 1. The molecule has 8 heteroatoms. The van der Waals surface area contributed by atoms with E-state index in [-0.39, 0.29) is 18.4 Å². The smallest absolute Gasteiger partial charge is 0.324 e. The van der Waals surface area contributed by atoms with E-state index in [4.69, 9.17) is 4.74 Å². The standard InChI is InChI=1S/C14H17N5O3/c1-18-8-17-10-5-9(6-16-12(10)18)13(20)19-4-3-15-11(7-19)14(21)22-2/h5-6,8,11,15H,3-4,7H2,1-2H3. The Morgan fingerprint density at radius 1 is 1.41 bits per heavy atom. The second-order valence-corrected chi connectivity index (χ2v) is 5.20. The average Bonchev–Trinajstić information content (AvgIpc) is 2.94. The van der Waals surface area contributed by atoms with Crippen molar-refractivity contribution in [3.63, 3.8) is 0 Å². The van der Waals surface area contributed by atoms with Crippen LogP contribution in [0.25, 0.3) is 11.2 Å². The molecule has 2 aromatic heterocycles. The van der Waals surface area contributed by atoms with Gasteiger partial charge in [0.2, 0.25) is 0 Å². The number of carbonyl (C=O) groups is 2. The number of hydrogen-bond acceptors (Lipinski definition) is 6. The first-order chi connectivity index (χ1) is 10.6. The number of ether oxygens (including phenoxy) is 1. The molecule has 0 radical (unpaired) electrons. The molecule has 0 saturated carbocycles. The van der Waals surface area contributed by atoms with Crippen LogP contribution in [0.5, 0.6) is 0 Å². The Morgan fingerprint density at radius 3 is 3.00 bits per heavy atom. The SMILES string of the molecule is COC(=O)C1CN(C(=O)c2cnc3c(c2)ncn3C)CCN1. The van der Waals surface area contributed by atoms with Gasteiger partial charge in [-0.15, -0.1) is 0 Å². The van der Waals surface area contributed by atoms with Crippen molar-refractivity contribution in [3.05, 3.63) is 24.2 Å². The van der Waals surface area contributed by atoms with E-state index in [1.54, 1.807) is 28.1 Å². The van der Waals surface area contributed by atoms with Gasteiger partial charge in [-0.2, -0.15) is 0 Å². The van der Waals surface area contributed by atoms with Crippen molar-refractivity contribution in [1.29, 1.82) is 0 Å². The number of aryl methyl sites for hydroxylation is 1. The minimum absolute atomic E-state index is 0.157. The maximum Gasteiger partial charge on any atom is 0.324 e. The first-order valence-corrected chi connectivity index (χ1v) is 6.97. The van der Waals surface area contributed by atoms with Crippen molar-refractivity contribution in [2.24, 2.45) is 7.05 Å². The zero-order valence-corrected chi connectivity index (χ0v) is 12.4. The molecule has 1 amide bonds. The van der Waals surface area contributed by atoms with Crippen LogP contribution >= 0.6 is 0 Å². The average molecular weight is 303 g/mol. The molecule has 1 fully saturated rings. The van der Waals surface area contributed by atoms with Gasteiger partial charge >= 0.3 is 5.97 Å². The highest BCUT2D eigenvalue weighted by Crippen LogP contribution is 2.13. The molecule has 0 spiro atoms. The lowest BCUT2D eigenvalue weighted by atomic mass is 10.1. The topological polar surface area (TPSA) is 89.3 Å². The summed E-state index contributed by atoms with van der Waals surface area (Å²) in [6.45, 7) is 1.36. The van der Waals surface area contributed by atoms with Gasteiger partial charge in [0.05, 0.1) is 19.0 Å². The first-order valence-electron chi connectivity index (χ1n) is 6.97. The maximum absolute atomic E-state index is 12.6. The van der Waals surface area contributed by atoms with Gasteiger partial charge in [0.15, 0.2) is 5.65 Å². The molecule has 0 aliphatic carbocycles. The van der Waals surface area contributed by atoms with Crippen molar-refractivity contribution in [2.45, 2.75) is 6.04 Å². The Balaban J connectivity index is 1.81. The van der Waals surface area contributed by atoms with Gasteiger partial charge in [-0.3, -0.25) is 9.59 Å². The van der Waals surface area contributed by atoms with Crippen LogP contribution in [0.15, 0.2) is 18.6 Å². The molecule has 3 heterocycles. The highest BCUT2D eigenvalue weighted by molar-refractivity contribution is 5.96. The Morgan fingerprint density at radius 2 is 2.23 bits per heavy atom. The summed E-state index contributed by atoms with van der Waals surface area (Å²) in [5, 5.41) is 3.04. The van der Waals surface area contributed by atoms with Gasteiger partial charge in [0, 0.05) is 32.9 Å². The van der Waals surface area contributed by atoms with E-state index in [0.717, 1.165) is 5.65 Å². The van der Waals surface area contributed by atoms with Crippen LogP contribution in [-0.2, 0) is 16.6 Å². The van der Waals surface area contributed by atoms with Gasteiger partial charge in [0.25, 0.3) is 5.91 Å². The number of nitrogens with one attached hydrogen (secondary N) is 1. The second kappa shape index (κ2) is 5.72. The highest BCUT2D eigenvalue weighted by atomic mass is 16.5. The predicted octanol–water partition coefficient (Wildman–Crippen LogP) is -0.445. The Bertz CT molecular complexity index is 726. The summed E-state index contributed by atoms with van der Waals surface area (Å²) in [6.07, 6.45) is 3.20. The number of nitrogens with zero attached hydrogens (tertiary/aromatic N) is 4. The molecular weight excluding hydrogens is 286 g/mol. The van der Waals surface area contributed by atoms with Gasteiger partial charge < -0.3 is 19.5 Å². The molecule has 0 aromatic carbocycles. The summed E-state index contributed by atoms with van der Waals surface area (Å²) in [6, 6.07) is 1.23. The minimum Gasteiger partial charge on any atom is -0.468 e. The van der Waals surface area contributed by atoms with E-state index in [9.17, 15) is 9.59 Å². The molecule has 1 N–H and O–H groups in total. The lowest BCUT2D eigenvalue weighted by Crippen LogP contribution is -2.56. The molecule has 116 valence electrons. The van der Waals surface area contributed by atoms with Crippen LogP contribution < -0.4 is 5.32 Å². The third kappa shape index (κ3) is 2.52. The Hall–Kier alpha value is -2.48. The number of rotatable bonds is 2. The van der Waals surface area contributed by atoms with Crippen molar-refractivity contribution < 1.29 is 14.3 Å². The lowest BCUT2D eigenvalue weighted by molar-refractivity contribution is -0.144. The normalized spacial score (nSPS) is 18.5. The molecular formula is C14H17N5O3. The van der Waals surface area contributed by atoms with Crippen LogP contribution in [0.4, 0.5) is 0 Å². The number of hydrogen-bond donors (Lipinski definition) is 1. The molecule has 1 aliphatic heterocycles. The summed E-state index contributed by atoms with van der Waals surface area (Å²) in [5.74, 6) is -0.522. The maximum atomic E-state index is 12.6. The number of amides is 1. The van der Waals surface area contributed by atoms with Crippen LogP contribution in [0.2, 0.25) is 0 Å². The largest absolute Gasteiger partial charge is 0.468 e. The van der Waals surface area contributed by atoms with Gasteiger partial charge in [-0.1, -0.05) is 0 Å². The first kappa shape index (κ1) is 14.5. The number of carbonyl (C=O) groups excluding carboxylic acids is 2. The second-order valence-electron chi connectivity index (χ2n) is 5.20. The third-order valence-corrected chi connectivity index (χ3v) is 3.75. The summed E-state index contributed by atoms with van der Waals surface area (Å²) in [5.41, 5.74) is 1.87. The van der Waals surface area contributed by atoms with E-state index in [0.29, 0.717) is 24.2 Å². The predicted molar refractivity (Wildman–Crippen MR) is 78.2 cm³/mol. The third-order valence-electron chi connectivity index (χ3n) is 3.75. The van der Waals surface area contributed by atoms with Crippen LogP contribution in [0.3, 0.4) is 0 Å². The summed E-state index contributed by atoms with van der Waals surface area (Å²) < 4.78 is 6.51. The number of aromatic nitrogens is 3. The van der Waals surface area contributed by atoms with Gasteiger partial charge in [-0.25, -0.2) is 9.97 Å². The summed E-state index contributed by atoms with van der Waals surface area (Å²) in [4.78, 5) is 34.3. The highest BCUT2D eigenvalue weighted by Gasteiger charge is 2.29. The summed E-state index contributed by atoms with van der Waals surface area (Å²) in [7, 11) is 3.19. The van der Waals surface area contributed by atoms with Crippen molar-refractivity contribution in [3.8, 4) is 0 Å². The molecule has 8 nitrogen and oxygen atoms in total. The summed E-state index contributed by atoms with van der Waals surface area (Å²) >= 11 is 0. The molecule has 1 aliphatic rings. The monoisotopic (exact) mass is 303 g/mol. The van der Waals surface area contributed by atoms with E-state index < -0.39 is 6.04 Å². The number of pyridine rings is 1. The van der Waals surface area contributed by atoms with Crippen LogP contribution in [-0.4, -0.2) is 64.1 Å². The molecule has 22 heavy (non-hydrogen) atoms. The van der Waals surface area contributed by atoms with Crippen molar-refractivity contribution >= 4 is 23.0 Å². The van der Waals surface area contributed by atoms with Gasteiger partial charge in [0.1, 0.15) is 11.6 Å². The van der Waals surface area contributed by atoms with E-state index in [1.807, 2.05) is 7.05 Å². The Labute approximate surface area is 127 Å². The zero-order valence-electron chi connectivity index (χ0n) is 12.4. The number of fused-ring (bicyclic) bond motifs is 1. The number of piperazine rings is 1. The molecule has 2 aromatic rings. The van der Waals surface area contributed by atoms with E-state index >= 15 is 0 Å². The molecule has 1 saturated heterocycles. The van der Waals surface area contributed by atoms with Gasteiger partial charge in [-0.05, 0) is 6.07 Å². The molecule has 0 bridgehead atoms. The van der Waals surface area contributed by atoms with E-state index in [1.165, 1.54) is 7.11 Å². The van der Waals surface area contributed by atoms with Crippen LogP contribution in [0.1, 0.15) is 10.4 Å². The minimum atomic E-state index is -0.491. The number of methoxy groups -OCH3 is 1. The fourth-order valence-corrected chi connectivity index (χ4v) is 2.55. The molecule has 1 unspecified atom stereocenters. The number of imidazole rings is 1. The fraction of sp³-hybridized carbons (Fsp3) is 0.429. The quantitative estimate of drug-likeness (QED) is 0.756. The van der Waals surface area contributed by atoms with E-state index in [2.05, 4.69) is 15.3 Å². The van der Waals surface area contributed by atoms with Crippen LogP contribution in [0, 0.1) is 0 Å². The van der Waals surface area contributed by atoms with Crippen molar-refractivity contribution in [1.82, 2.24) is 24.8 Å². The molecule has 1 atom stereocenters. The molecule has 3 rings (SSSR count). The lowest BCUT2D eigenvalue weighted by Gasteiger charge is -2.32. The Kier molecular flexibility index (Phi) is 3.76.